The zero-order chi connectivity index (χ0) is 9.78. The van der Waals surface area contributed by atoms with E-state index in [-0.39, 0.29) is 13.0 Å². The van der Waals surface area contributed by atoms with E-state index in [4.69, 9.17) is 0 Å². The van der Waals surface area contributed by atoms with Crippen molar-refractivity contribution in [1.82, 2.24) is 0 Å². The Balaban J connectivity index is 3.97. The summed E-state index contributed by atoms with van der Waals surface area (Å²) in [7, 11) is 0. The molecule has 72 valence electrons. The maximum atomic E-state index is 12.2. The van der Waals surface area contributed by atoms with E-state index in [2.05, 4.69) is 4.74 Å². The highest BCUT2D eigenvalue weighted by molar-refractivity contribution is 5.70. The van der Waals surface area contributed by atoms with Crippen molar-refractivity contribution >= 4 is 5.97 Å². The molecule has 0 rings (SSSR count). The first-order chi connectivity index (χ1) is 5.40. The van der Waals surface area contributed by atoms with E-state index in [0.717, 1.165) is 0 Å². The van der Waals surface area contributed by atoms with Crippen molar-refractivity contribution in [3.8, 4) is 0 Å². The van der Waals surface area contributed by atoms with E-state index in [9.17, 15) is 13.6 Å². The van der Waals surface area contributed by atoms with Gasteiger partial charge in [0.15, 0.2) is 0 Å². The summed E-state index contributed by atoms with van der Waals surface area (Å²) in [5.74, 6) is -0.567. The minimum atomic E-state index is -2.50. The van der Waals surface area contributed by atoms with Crippen LogP contribution in [0.25, 0.3) is 0 Å². The van der Waals surface area contributed by atoms with Crippen LogP contribution >= 0.6 is 0 Å². The van der Waals surface area contributed by atoms with Gasteiger partial charge in [0.1, 0.15) is 0 Å². The second kappa shape index (κ2) is 4.38. The van der Waals surface area contributed by atoms with Crippen LogP contribution in [0.1, 0.15) is 27.2 Å². The summed E-state index contributed by atoms with van der Waals surface area (Å²) in [6, 6.07) is 0. The number of halogens is 2. The van der Waals surface area contributed by atoms with Gasteiger partial charge in [0, 0.05) is 5.41 Å². The summed E-state index contributed by atoms with van der Waals surface area (Å²) in [5.41, 5.74) is -1.29. The molecular weight excluding hydrogens is 166 g/mol. The highest BCUT2D eigenvalue weighted by atomic mass is 19.3. The Hall–Kier alpha value is -0.670. The number of rotatable bonds is 4. The van der Waals surface area contributed by atoms with Gasteiger partial charge in [-0.25, -0.2) is 8.78 Å². The summed E-state index contributed by atoms with van der Waals surface area (Å²) in [6.45, 7) is 4.56. The van der Waals surface area contributed by atoms with Crippen molar-refractivity contribution < 1.29 is 18.3 Å². The molecule has 0 saturated heterocycles. The van der Waals surface area contributed by atoms with Crippen molar-refractivity contribution in [3.05, 3.63) is 0 Å². The van der Waals surface area contributed by atoms with Crippen LogP contribution in [0.15, 0.2) is 0 Å². The average molecular weight is 180 g/mol. The van der Waals surface area contributed by atoms with Crippen LogP contribution in [0.4, 0.5) is 8.78 Å². The van der Waals surface area contributed by atoms with Gasteiger partial charge in [-0.1, -0.05) is 13.8 Å². The lowest BCUT2D eigenvalue weighted by Crippen LogP contribution is -2.26. The standard InChI is InChI=1S/C8H14F2O2/c1-4-12-6(11)5-8(2,3)7(9)10/h7H,4-5H2,1-3H3. The minimum Gasteiger partial charge on any atom is -0.466 e. The third kappa shape index (κ3) is 3.64. The Labute approximate surface area is 70.9 Å². The van der Waals surface area contributed by atoms with E-state index in [1.807, 2.05) is 0 Å². The van der Waals surface area contributed by atoms with E-state index < -0.39 is 17.8 Å². The SMILES string of the molecule is CCOC(=O)CC(C)(C)C(F)F. The maximum Gasteiger partial charge on any atom is 0.306 e. The van der Waals surface area contributed by atoms with Crippen molar-refractivity contribution in [2.24, 2.45) is 5.41 Å². The number of carbonyl (C=O) groups is 1. The third-order valence-electron chi connectivity index (χ3n) is 1.50. The number of ether oxygens (including phenoxy) is 1. The molecule has 0 aliphatic rings. The van der Waals surface area contributed by atoms with Crippen LogP contribution < -0.4 is 0 Å². The van der Waals surface area contributed by atoms with Gasteiger partial charge in [0.05, 0.1) is 13.0 Å². The zero-order valence-corrected chi connectivity index (χ0v) is 7.56. The predicted molar refractivity (Wildman–Crippen MR) is 41.0 cm³/mol. The van der Waals surface area contributed by atoms with Gasteiger partial charge >= 0.3 is 5.97 Å². The molecule has 0 heterocycles. The van der Waals surface area contributed by atoms with Crippen LogP contribution in [0.5, 0.6) is 0 Å². The van der Waals surface area contributed by atoms with Gasteiger partial charge in [0.25, 0.3) is 0 Å². The third-order valence-corrected chi connectivity index (χ3v) is 1.50. The molecule has 2 nitrogen and oxygen atoms in total. The summed E-state index contributed by atoms with van der Waals surface area (Å²) >= 11 is 0. The van der Waals surface area contributed by atoms with Gasteiger partial charge in [-0.15, -0.1) is 0 Å². The van der Waals surface area contributed by atoms with E-state index >= 15 is 0 Å². The highest BCUT2D eigenvalue weighted by Crippen LogP contribution is 2.28. The van der Waals surface area contributed by atoms with Crippen LogP contribution in [0, 0.1) is 5.41 Å². The first-order valence-electron chi connectivity index (χ1n) is 3.84. The van der Waals surface area contributed by atoms with Crippen LogP contribution in [0.2, 0.25) is 0 Å². The normalized spacial score (nSPS) is 11.8. The van der Waals surface area contributed by atoms with Gasteiger partial charge in [-0.05, 0) is 6.92 Å². The molecule has 0 aliphatic carbocycles. The molecule has 0 N–H and O–H groups in total. The van der Waals surface area contributed by atoms with E-state index in [1.54, 1.807) is 6.92 Å². The zero-order valence-electron chi connectivity index (χ0n) is 7.56. The lowest BCUT2D eigenvalue weighted by molar-refractivity contribution is -0.148. The number of esters is 1. The Morgan fingerprint density at radius 1 is 1.50 bits per heavy atom. The Bertz CT molecular complexity index is 155. The molecule has 0 unspecified atom stereocenters. The fraction of sp³-hybridized carbons (Fsp3) is 0.875. The first-order valence-corrected chi connectivity index (χ1v) is 3.84. The molecular formula is C8H14F2O2. The summed E-state index contributed by atoms with van der Waals surface area (Å²) in [6.07, 6.45) is -2.74. The molecule has 0 atom stereocenters. The van der Waals surface area contributed by atoms with Crippen molar-refractivity contribution in [1.29, 1.82) is 0 Å². The second-order valence-corrected chi connectivity index (χ2v) is 3.27. The molecule has 0 aromatic heterocycles. The minimum absolute atomic E-state index is 0.234. The molecule has 0 bridgehead atoms. The number of carbonyl (C=O) groups excluding carboxylic acids is 1. The van der Waals surface area contributed by atoms with Crippen LogP contribution in [0.3, 0.4) is 0 Å². The number of hydrogen-bond donors (Lipinski definition) is 0. The predicted octanol–water partition coefficient (Wildman–Crippen LogP) is 2.23. The molecule has 4 heteroatoms. The average Bonchev–Trinajstić information content (AvgIpc) is 1.85. The number of alkyl halides is 2. The Morgan fingerprint density at radius 3 is 2.33 bits per heavy atom. The highest BCUT2D eigenvalue weighted by Gasteiger charge is 2.32. The topological polar surface area (TPSA) is 26.3 Å². The number of hydrogen-bond acceptors (Lipinski definition) is 2. The van der Waals surface area contributed by atoms with Crippen LogP contribution in [-0.2, 0) is 9.53 Å². The van der Waals surface area contributed by atoms with Gasteiger partial charge in [0.2, 0.25) is 6.43 Å². The molecule has 0 spiro atoms. The molecule has 0 aromatic carbocycles. The monoisotopic (exact) mass is 180 g/mol. The van der Waals surface area contributed by atoms with Crippen molar-refractivity contribution in [2.75, 3.05) is 6.61 Å². The molecule has 0 amide bonds. The Kier molecular flexibility index (Phi) is 4.13. The van der Waals surface area contributed by atoms with Crippen LogP contribution in [-0.4, -0.2) is 19.0 Å². The lowest BCUT2D eigenvalue weighted by Gasteiger charge is -2.21. The quantitative estimate of drug-likeness (QED) is 0.620. The van der Waals surface area contributed by atoms with Gasteiger partial charge < -0.3 is 4.74 Å². The summed E-state index contributed by atoms with van der Waals surface area (Å²) < 4.78 is 29.0. The molecule has 0 aliphatic heterocycles. The largest absolute Gasteiger partial charge is 0.466 e. The van der Waals surface area contributed by atoms with E-state index in [0.29, 0.717) is 0 Å². The molecule has 0 fully saturated rings. The fourth-order valence-electron chi connectivity index (χ4n) is 0.661. The molecule has 12 heavy (non-hydrogen) atoms. The maximum absolute atomic E-state index is 12.2. The summed E-state index contributed by atoms with van der Waals surface area (Å²) in [4.78, 5) is 10.8. The molecule has 0 radical (unpaired) electrons. The Morgan fingerprint density at radius 2 is 2.00 bits per heavy atom. The lowest BCUT2D eigenvalue weighted by atomic mass is 9.90. The smallest absolute Gasteiger partial charge is 0.306 e. The van der Waals surface area contributed by atoms with Crippen molar-refractivity contribution in [3.63, 3.8) is 0 Å². The van der Waals surface area contributed by atoms with Gasteiger partial charge in [-0.2, -0.15) is 0 Å². The fourth-order valence-corrected chi connectivity index (χ4v) is 0.661. The second-order valence-electron chi connectivity index (χ2n) is 3.27. The summed E-state index contributed by atoms with van der Waals surface area (Å²) in [5, 5.41) is 0. The molecule has 0 aromatic rings. The molecule has 0 saturated carbocycles. The van der Waals surface area contributed by atoms with Gasteiger partial charge in [-0.3, -0.25) is 4.79 Å². The first kappa shape index (κ1) is 11.3. The van der Waals surface area contributed by atoms with E-state index in [1.165, 1.54) is 13.8 Å². The van der Waals surface area contributed by atoms with Crippen molar-refractivity contribution in [2.45, 2.75) is 33.6 Å².